The Kier molecular flexibility index (Phi) is 5.43. The van der Waals surface area contributed by atoms with E-state index in [2.05, 4.69) is 20.8 Å². The Morgan fingerprint density at radius 2 is 1.96 bits per heavy atom. The molecule has 2 heterocycles. The number of hydrogen-bond acceptors (Lipinski definition) is 6. The first-order valence-corrected chi connectivity index (χ1v) is 9.83. The Bertz CT molecular complexity index is 802. The van der Waals surface area contributed by atoms with Gasteiger partial charge in [0, 0.05) is 6.04 Å². The summed E-state index contributed by atoms with van der Waals surface area (Å²) in [4.78, 5) is 14.7. The lowest BCUT2D eigenvalue weighted by atomic mass is 10.2. The third kappa shape index (κ3) is 3.54. The van der Waals surface area contributed by atoms with Crippen molar-refractivity contribution in [3.8, 4) is 11.4 Å². The number of methoxy groups -OCH3 is 1. The maximum atomic E-state index is 13.0. The van der Waals surface area contributed by atoms with Crippen molar-refractivity contribution in [3.63, 3.8) is 0 Å². The van der Waals surface area contributed by atoms with Crippen LogP contribution in [0.2, 0.25) is 0 Å². The number of nitrogens with zero attached hydrogens (tertiary/aromatic N) is 5. The maximum Gasteiger partial charge on any atom is 0.318 e. The molecule has 0 radical (unpaired) electrons. The van der Waals surface area contributed by atoms with E-state index in [0.29, 0.717) is 18.7 Å². The largest absolute Gasteiger partial charge is 0.497 e. The van der Waals surface area contributed by atoms with Crippen molar-refractivity contribution in [2.24, 2.45) is 0 Å². The van der Waals surface area contributed by atoms with Crippen LogP contribution in [0.5, 0.6) is 5.75 Å². The fourth-order valence-electron chi connectivity index (χ4n) is 4.25. The number of likely N-dealkylation sites (tertiary alicyclic amines) is 1. The SMILES string of the molecule is COc1ccc(-n2nnnc2[C@@H]2CC[C@@H](CO)N2C(=O)NC2CCCC2)cc1. The molecule has 9 heteroatoms. The van der Waals surface area contributed by atoms with E-state index in [4.69, 9.17) is 4.74 Å². The molecule has 150 valence electrons. The smallest absolute Gasteiger partial charge is 0.318 e. The number of amides is 2. The van der Waals surface area contributed by atoms with Crippen LogP contribution in [0, 0.1) is 0 Å². The van der Waals surface area contributed by atoms with Crippen molar-refractivity contribution in [2.75, 3.05) is 13.7 Å². The lowest BCUT2D eigenvalue weighted by Crippen LogP contribution is -2.48. The van der Waals surface area contributed by atoms with Crippen molar-refractivity contribution in [1.82, 2.24) is 30.4 Å². The fourth-order valence-corrected chi connectivity index (χ4v) is 4.25. The fraction of sp³-hybridized carbons (Fsp3) is 0.579. The van der Waals surface area contributed by atoms with E-state index in [-0.39, 0.29) is 30.8 Å². The highest BCUT2D eigenvalue weighted by Crippen LogP contribution is 2.36. The van der Waals surface area contributed by atoms with Gasteiger partial charge < -0.3 is 20.1 Å². The minimum Gasteiger partial charge on any atom is -0.497 e. The van der Waals surface area contributed by atoms with Crippen molar-refractivity contribution < 1.29 is 14.6 Å². The second-order valence-electron chi connectivity index (χ2n) is 7.41. The van der Waals surface area contributed by atoms with Crippen LogP contribution in [0.15, 0.2) is 24.3 Å². The monoisotopic (exact) mass is 386 g/mol. The second-order valence-corrected chi connectivity index (χ2v) is 7.41. The molecule has 2 aliphatic rings. The third-order valence-electron chi connectivity index (χ3n) is 5.74. The first-order valence-electron chi connectivity index (χ1n) is 9.83. The van der Waals surface area contributed by atoms with Gasteiger partial charge in [-0.1, -0.05) is 12.8 Å². The maximum absolute atomic E-state index is 13.0. The Hall–Kier alpha value is -2.68. The normalized spacial score (nSPS) is 22.6. The lowest BCUT2D eigenvalue weighted by molar-refractivity contribution is 0.133. The minimum atomic E-state index is -0.282. The minimum absolute atomic E-state index is 0.0707. The summed E-state index contributed by atoms with van der Waals surface area (Å²) < 4.78 is 6.86. The van der Waals surface area contributed by atoms with Crippen molar-refractivity contribution in [2.45, 2.75) is 56.7 Å². The van der Waals surface area contributed by atoms with Gasteiger partial charge in [-0.05, 0) is 60.4 Å². The summed E-state index contributed by atoms with van der Waals surface area (Å²) in [6, 6.07) is 7.00. The van der Waals surface area contributed by atoms with E-state index in [1.807, 2.05) is 24.3 Å². The first-order chi connectivity index (χ1) is 13.7. The molecule has 2 amide bonds. The highest BCUT2D eigenvalue weighted by atomic mass is 16.5. The van der Waals surface area contributed by atoms with Crippen molar-refractivity contribution in [1.29, 1.82) is 0 Å². The molecule has 1 aromatic carbocycles. The molecule has 1 aromatic heterocycles. The number of aliphatic hydroxyl groups excluding tert-OH is 1. The molecule has 4 rings (SSSR count). The molecule has 2 aromatic rings. The van der Waals surface area contributed by atoms with Crippen LogP contribution in [0.1, 0.15) is 50.4 Å². The van der Waals surface area contributed by atoms with Crippen LogP contribution in [0.3, 0.4) is 0 Å². The van der Waals surface area contributed by atoms with E-state index >= 15 is 0 Å². The van der Waals surface area contributed by atoms with E-state index in [0.717, 1.165) is 37.1 Å². The number of tetrazole rings is 1. The van der Waals surface area contributed by atoms with Gasteiger partial charge in [0.2, 0.25) is 0 Å². The standard InChI is InChI=1S/C19H26N6O3/c1-28-16-9-6-14(7-10-16)25-18(21-22-23-25)17-11-8-15(12-26)24(17)19(27)20-13-4-2-3-5-13/h6-7,9-10,13,15,17,26H,2-5,8,11-12H2,1H3,(H,20,27)/t15-,17-/m0/s1. The van der Waals surface area contributed by atoms with Crippen molar-refractivity contribution in [3.05, 3.63) is 30.1 Å². The van der Waals surface area contributed by atoms with E-state index < -0.39 is 0 Å². The summed E-state index contributed by atoms with van der Waals surface area (Å²) >= 11 is 0. The number of hydrogen-bond donors (Lipinski definition) is 2. The number of nitrogens with one attached hydrogen (secondary N) is 1. The second kappa shape index (κ2) is 8.14. The molecule has 0 spiro atoms. The first kappa shape index (κ1) is 18.7. The van der Waals surface area contributed by atoms with E-state index in [1.165, 1.54) is 0 Å². The van der Waals surface area contributed by atoms with Gasteiger partial charge in [-0.15, -0.1) is 5.10 Å². The van der Waals surface area contributed by atoms with Crippen LogP contribution in [-0.4, -0.2) is 62.0 Å². The molecular weight excluding hydrogens is 360 g/mol. The summed E-state index contributed by atoms with van der Waals surface area (Å²) in [6.45, 7) is -0.0707. The molecule has 28 heavy (non-hydrogen) atoms. The lowest BCUT2D eigenvalue weighted by Gasteiger charge is -2.30. The molecule has 1 saturated carbocycles. The number of benzene rings is 1. The molecule has 1 aliphatic carbocycles. The molecule has 0 bridgehead atoms. The predicted octanol–water partition coefficient (Wildman–Crippen LogP) is 1.82. The van der Waals surface area contributed by atoms with Crippen LogP contribution in [0.4, 0.5) is 4.79 Å². The zero-order chi connectivity index (χ0) is 19.5. The Balaban J connectivity index is 1.60. The number of aromatic nitrogens is 4. The van der Waals surface area contributed by atoms with Gasteiger partial charge in [-0.25, -0.2) is 4.79 Å². The number of ether oxygens (including phenoxy) is 1. The number of carbonyl (C=O) groups excluding carboxylic acids is 1. The summed E-state index contributed by atoms with van der Waals surface area (Å²) in [6.07, 6.45) is 5.74. The average molecular weight is 386 g/mol. The number of carbonyl (C=O) groups is 1. The Morgan fingerprint density at radius 3 is 2.64 bits per heavy atom. The zero-order valence-electron chi connectivity index (χ0n) is 16.0. The van der Waals surface area contributed by atoms with E-state index in [1.54, 1.807) is 16.7 Å². The number of rotatable bonds is 5. The van der Waals surface area contributed by atoms with Gasteiger partial charge in [0.1, 0.15) is 5.75 Å². The van der Waals surface area contributed by atoms with Gasteiger partial charge in [-0.2, -0.15) is 4.68 Å². The van der Waals surface area contributed by atoms with E-state index in [9.17, 15) is 9.90 Å². The highest BCUT2D eigenvalue weighted by molar-refractivity contribution is 5.76. The van der Waals surface area contributed by atoms with Gasteiger partial charge in [0.25, 0.3) is 0 Å². The molecule has 1 saturated heterocycles. The Labute approximate surface area is 163 Å². The molecule has 0 unspecified atom stereocenters. The molecule has 2 atom stereocenters. The quantitative estimate of drug-likeness (QED) is 0.812. The van der Waals surface area contributed by atoms with Gasteiger partial charge >= 0.3 is 6.03 Å². The average Bonchev–Trinajstić information content (AvgIpc) is 3.47. The van der Waals surface area contributed by atoms with Gasteiger partial charge in [0.05, 0.1) is 31.5 Å². The zero-order valence-corrected chi connectivity index (χ0v) is 16.0. The molecule has 9 nitrogen and oxygen atoms in total. The molecule has 2 N–H and O–H groups in total. The van der Waals surface area contributed by atoms with Crippen LogP contribution in [0.25, 0.3) is 5.69 Å². The molecular formula is C19H26N6O3. The predicted molar refractivity (Wildman–Crippen MR) is 101 cm³/mol. The molecule has 1 aliphatic heterocycles. The van der Waals surface area contributed by atoms with Gasteiger partial charge in [-0.3, -0.25) is 0 Å². The van der Waals surface area contributed by atoms with Crippen molar-refractivity contribution >= 4 is 6.03 Å². The van der Waals surface area contributed by atoms with Gasteiger partial charge in [0.15, 0.2) is 5.82 Å². The number of urea groups is 1. The van der Waals surface area contributed by atoms with Crippen LogP contribution >= 0.6 is 0 Å². The summed E-state index contributed by atoms with van der Waals surface area (Å²) in [5.74, 6) is 1.35. The summed E-state index contributed by atoms with van der Waals surface area (Å²) in [7, 11) is 1.62. The topological polar surface area (TPSA) is 105 Å². The Morgan fingerprint density at radius 1 is 1.21 bits per heavy atom. The third-order valence-corrected chi connectivity index (χ3v) is 5.74. The van der Waals surface area contributed by atoms with Crippen LogP contribution in [-0.2, 0) is 0 Å². The summed E-state index contributed by atoms with van der Waals surface area (Å²) in [5, 5.41) is 25.1. The summed E-state index contributed by atoms with van der Waals surface area (Å²) in [5.41, 5.74) is 0.796. The highest BCUT2D eigenvalue weighted by Gasteiger charge is 2.41. The number of aliphatic hydroxyl groups is 1. The van der Waals surface area contributed by atoms with Crippen LogP contribution < -0.4 is 10.1 Å². The molecule has 2 fully saturated rings.